The molecule has 0 spiro atoms. The van der Waals surface area contributed by atoms with Crippen molar-refractivity contribution in [3.63, 3.8) is 0 Å². The fourth-order valence-electron chi connectivity index (χ4n) is 2.47. The first-order valence-electron chi connectivity index (χ1n) is 6.88. The fraction of sp³-hybridized carbons (Fsp3) is 0.400. The van der Waals surface area contributed by atoms with Crippen molar-refractivity contribution in [1.82, 2.24) is 4.90 Å². The van der Waals surface area contributed by atoms with Gasteiger partial charge < -0.3 is 14.7 Å². The second-order valence-electron chi connectivity index (χ2n) is 5.61. The van der Waals surface area contributed by atoms with Crippen LogP contribution < -0.4 is 5.32 Å². The number of benzene rings is 1. The summed E-state index contributed by atoms with van der Waals surface area (Å²) >= 11 is 0. The SMILES string of the molecule is C=CC[N+]1(C)CCN(C(=O)Nc2cc(F)cc(F)c2)CC1. The van der Waals surface area contributed by atoms with E-state index < -0.39 is 11.6 Å². The Morgan fingerprint density at radius 3 is 2.43 bits per heavy atom. The van der Waals surface area contributed by atoms with Gasteiger partial charge in [0.05, 0.1) is 39.8 Å². The zero-order valence-corrected chi connectivity index (χ0v) is 12.1. The lowest BCUT2D eigenvalue weighted by Crippen LogP contribution is -2.58. The lowest BCUT2D eigenvalue weighted by atomic mass is 10.2. The summed E-state index contributed by atoms with van der Waals surface area (Å²) in [6, 6.07) is 2.64. The number of urea groups is 1. The van der Waals surface area contributed by atoms with Crippen LogP contribution in [-0.4, -0.2) is 55.2 Å². The summed E-state index contributed by atoms with van der Waals surface area (Å²) in [5.41, 5.74) is 0.131. The Morgan fingerprint density at radius 2 is 1.90 bits per heavy atom. The first-order chi connectivity index (χ1) is 9.92. The Balaban J connectivity index is 1.94. The number of piperazine rings is 1. The summed E-state index contributed by atoms with van der Waals surface area (Å²) in [6.07, 6.45) is 1.88. The molecular formula is C15H20F2N3O+. The molecule has 2 rings (SSSR count). The average Bonchev–Trinajstić information content (AvgIpc) is 2.38. The zero-order chi connectivity index (χ0) is 15.5. The van der Waals surface area contributed by atoms with Gasteiger partial charge in [-0.05, 0) is 18.2 Å². The van der Waals surface area contributed by atoms with E-state index in [1.807, 2.05) is 6.08 Å². The van der Waals surface area contributed by atoms with Crippen LogP contribution in [0.5, 0.6) is 0 Å². The van der Waals surface area contributed by atoms with Crippen LogP contribution in [0.3, 0.4) is 0 Å². The number of nitrogens with zero attached hydrogens (tertiary/aromatic N) is 2. The highest BCUT2D eigenvalue weighted by atomic mass is 19.1. The molecule has 1 N–H and O–H groups in total. The summed E-state index contributed by atoms with van der Waals surface area (Å²) in [5.74, 6) is -1.42. The second kappa shape index (κ2) is 6.22. The second-order valence-corrected chi connectivity index (χ2v) is 5.61. The van der Waals surface area contributed by atoms with Crippen molar-refractivity contribution >= 4 is 11.7 Å². The van der Waals surface area contributed by atoms with Crippen molar-refractivity contribution in [3.05, 3.63) is 42.5 Å². The normalized spacial score (nSPS) is 17.4. The molecule has 0 unspecified atom stereocenters. The van der Waals surface area contributed by atoms with Gasteiger partial charge in [0, 0.05) is 11.8 Å². The van der Waals surface area contributed by atoms with Crippen molar-refractivity contribution < 1.29 is 18.1 Å². The molecule has 0 aliphatic carbocycles. The molecule has 0 atom stereocenters. The molecule has 1 aromatic carbocycles. The van der Waals surface area contributed by atoms with Gasteiger partial charge in [-0.3, -0.25) is 0 Å². The smallest absolute Gasteiger partial charge is 0.320 e. The highest BCUT2D eigenvalue weighted by Gasteiger charge is 2.29. The molecule has 1 aliphatic heterocycles. The number of rotatable bonds is 3. The highest BCUT2D eigenvalue weighted by molar-refractivity contribution is 5.89. The van der Waals surface area contributed by atoms with E-state index in [0.29, 0.717) is 13.1 Å². The van der Waals surface area contributed by atoms with Crippen LogP contribution in [0.1, 0.15) is 0 Å². The first kappa shape index (κ1) is 15.4. The number of likely N-dealkylation sites (N-methyl/N-ethyl adjacent to an activating group) is 1. The predicted molar refractivity (Wildman–Crippen MR) is 77.9 cm³/mol. The number of anilines is 1. The molecule has 0 aromatic heterocycles. The lowest BCUT2D eigenvalue weighted by molar-refractivity contribution is -0.907. The molecule has 114 valence electrons. The molecule has 2 amide bonds. The lowest BCUT2D eigenvalue weighted by Gasteiger charge is -2.41. The van der Waals surface area contributed by atoms with Crippen molar-refractivity contribution in [2.75, 3.05) is 45.1 Å². The number of hydrogen-bond donors (Lipinski definition) is 1. The Labute approximate surface area is 123 Å². The van der Waals surface area contributed by atoms with Crippen molar-refractivity contribution in [1.29, 1.82) is 0 Å². The maximum absolute atomic E-state index is 13.1. The van der Waals surface area contributed by atoms with Gasteiger partial charge in [0.1, 0.15) is 11.6 Å². The van der Waals surface area contributed by atoms with Crippen LogP contribution >= 0.6 is 0 Å². The van der Waals surface area contributed by atoms with Crippen LogP contribution in [0.25, 0.3) is 0 Å². The largest absolute Gasteiger partial charge is 0.322 e. The Hall–Kier alpha value is -1.95. The summed E-state index contributed by atoms with van der Waals surface area (Å²) in [7, 11) is 2.12. The quantitative estimate of drug-likeness (QED) is 0.674. The van der Waals surface area contributed by atoms with E-state index >= 15 is 0 Å². The average molecular weight is 296 g/mol. The van der Waals surface area contributed by atoms with Crippen LogP contribution in [-0.2, 0) is 0 Å². The minimum atomic E-state index is -0.709. The first-order valence-corrected chi connectivity index (χ1v) is 6.88. The van der Waals surface area contributed by atoms with Gasteiger partial charge in [0.2, 0.25) is 0 Å². The number of halogens is 2. The van der Waals surface area contributed by atoms with Gasteiger partial charge in [-0.15, -0.1) is 0 Å². The standard InChI is InChI=1S/C15H19F2N3O/c1-3-6-20(2)7-4-19(5-8-20)15(21)18-14-10-12(16)9-13(17)11-14/h3,9-11H,1,4-8H2,2H3/p+1. The van der Waals surface area contributed by atoms with E-state index in [9.17, 15) is 13.6 Å². The molecule has 1 fully saturated rings. The number of hydrogen-bond acceptors (Lipinski definition) is 1. The highest BCUT2D eigenvalue weighted by Crippen LogP contribution is 2.15. The van der Waals surface area contributed by atoms with E-state index in [1.54, 1.807) is 4.90 Å². The molecule has 1 heterocycles. The van der Waals surface area contributed by atoms with E-state index in [4.69, 9.17) is 0 Å². The van der Waals surface area contributed by atoms with E-state index in [-0.39, 0.29) is 11.7 Å². The third-order valence-corrected chi connectivity index (χ3v) is 3.79. The summed E-state index contributed by atoms with van der Waals surface area (Å²) < 4.78 is 27.0. The number of nitrogens with one attached hydrogen (secondary N) is 1. The molecule has 21 heavy (non-hydrogen) atoms. The Morgan fingerprint density at radius 1 is 1.33 bits per heavy atom. The van der Waals surface area contributed by atoms with Gasteiger partial charge in [-0.2, -0.15) is 0 Å². The topological polar surface area (TPSA) is 32.3 Å². The summed E-state index contributed by atoms with van der Waals surface area (Å²) in [6.45, 7) is 7.48. The monoisotopic (exact) mass is 296 g/mol. The molecule has 1 aromatic rings. The Bertz CT molecular complexity index is 519. The number of carbonyl (C=O) groups excluding carboxylic acids is 1. The zero-order valence-electron chi connectivity index (χ0n) is 12.1. The van der Waals surface area contributed by atoms with Crippen molar-refractivity contribution in [2.45, 2.75) is 0 Å². The molecule has 4 nitrogen and oxygen atoms in total. The molecular weight excluding hydrogens is 276 g/mol. The Kier molecular flexibility index (Phi) is 4.57. The van der Waals surface area contributed by atoms with Crippen LogP contribution in [0, 0.1) is 11.6 Å². The van der Waals surface area contributed by atoms with Gasteiger partial charge in [0.25, 0.3) is 0 Å². The van der Waals surface area contributed by atoms with Gasteiger partial charge in [-0.1, -0.05) is 6.58 Å². The maximum atomic E-state index is 13.1. The maximum Gasteiger partial charge on any atom is 0.322 e. The fourth-order valence-corrected chi connectivity index (χ4v) is 2.47. The van der Waals surface area contributed by atoms with Crippen LogP contribution in [0.15, 0.2) is 30.9 Å². The van der Waals surface area contributed by atoms with E-state index in [2.05, 4.69) is 18.9 Å². The number of amides is 2. The van der Waals surface area contributed by atoms with Crippen LogP contribution in [0.4, 0.5) is 19.3 Å². The summed E-state index contributed by atoms with van der Waals surface area (Å²) in [4.78, 5) is 13.8. The van der Waals surface area contributed by atoms with Gasteiger partial charge in [0.15, 0.2) is 0 Å². The van der Waals surface area contributed by atoms with Gasteiger partial charge >= 0.3 is 6.03 Å². The van der Waals surface area contributed by atoms with Gasteiger partial charge in [-0.25, -0.2) is 13.6 Å². The minimum Gasteiger partial charge on any atom is -0.320 e. The molecule has 0 bridgehead atoms. The molecule has 0 radical (unpaired) electrons. The van der Waals surface area contributed by atoms with Crippen molar-refractivity contribution in [3.8, 4) is 0 Å². The molecule has 0 saturated carbocycles. The van der Waals surface area contributed by atoms with E-state index in [1.165, 1.54) is 0 Å². The molecule has 1 saturated heterocycles. The minimum absolute atomic E-state index is 0.131. The van der Waals surface area contributed by atoms with E-state index in [0.717, 1.165) is 42.3 Å². The number of quaternary nitrogens is 1. The number of carbonyl (C=O) groups is 1. The molecule has 1 aliphatic rings. The van der Waals surface area contributed by atoms with Crippen molar-refractivity contribution in [2.24, 2.45) is 0 Å². The summed E-state index contributed by atoms with van der Waals surface area (Å²) in [5, 5.41) is 2.53. The third kappa shape index (κ3) is 4.01. The third-order valence-electron chi connectivity index (χ3n) is 3.79. The predicted octanol–water partition coefficient (Wildman–Crippen LogP) is 2.44. The van der Waals surface area contributed by atoms with Crippen LogP contribution in [0.2, 0.25) is 0 Å². The molecule has 6 heteroatoms.